The minimum absolute atomic E-state index is 0.0146. The zero-order valence-corrected chi connectivity index (χ0v) is 12.7. The summed E-state index contributed by atoms with van der Waals surface area (Å²) in [4.78, 5) is 12.6. The lowest BCUT2D eigenvalue weighted by atomic mass is 9.90. The first-order chi connectivity index (χ1) is 9.78. The number of carbonyl (C=O) groups is 1. The van der Waals surface area contributed by atoms with Crippen LogP contribution in [0.25, 0.3) is 0 Å². The molecule has 1 heterocycles. The van der Waals surface area contributed by atoms with Crippen LogP contribution in [0.1, 0.15) is 37.2 Å². The van der Waals surface area contributed by atoms with Gasteiger partial charge in [-0.05, 0) is 43.6 Å². The quantitative estimate of drug-likeness (QED) is 0.899. The molecule has 2 N–H and O–H groups in total. The van der Waals surface area contributed by atoms with Gasteiger partial charge in [-0.25, -0.2) is 0 Å². The molecule has 2 aliphatic rings. The van der Waals surface area contributed by atoms with Gasteiger partial charge >= 0.3 is 0 Å². The van der Waals surface area contributed by atoms with Crippen LogP contribution in [0.4, 0.5) is 5.69 Å². The Morgan fingerprint density at radius 3 is 2.95 bits per heavy atom. The first-order valence-corrected chi connectivity index (χ1v) is 8.72. The van der Waals surface area contributed by atoms with E-state index in [4.69, 9.17) is 0 Å². The van der Waals surface area contributed by atoms with Gasteiger partial charge in [-0.1, -0.05) is 18.2 Å². The Kier molecular flexibility index (Phi) is 4.20. The van der Waals surface area contributed by atoms with Crippen LogP contribution in [-0.2, 0) is 4.79 Å². The summed E-state index contributed by atoms with van der Waals surface area (Å²) in [7, 11) is 0. The zero-order valence-electron chi connectivity index (χ0n) is 11.9. The van der Waals surface area contributed by atoms with Gasteiger partial charge in [-0.3, -0.25) is 4.79 Å². The van der Waals surface area contributed by atoms with Crippen molar-refractivity contribution in [3.05, 3.63) is 29.8 Å². The number of amides is 1. The summed E-state index contributed by atoms with van der Waals surface area (Å²) in [6.45, 7) is 0.882. The first-order valence-electron chi connectivity index (χ1n) is 7.44. The molecule has 3 nitrogen and oxygen atoms in total. The van der Waals surface area contributed by atoms with E-state index in [2.05, 4.69) is 29.0 Å². The summed E-state index contributed by atoms with van der Waals surface area (Å²) in [5.74, 6) is 0.228. The maximum atomic E-state index is 12.6. The second kappa shape index (κ2) is 6.08. The van der Waals surface area contributed by atoms with E-state index in [-0.39, 0.29) is 11.8 Å². The molecule has 20 heavy (non-hydrogen) atoms. The summed E-state index contributed by atoms with van der Waals surface area (Å²) >= 11 is 1.93. The van der Waals surface area contributed by atoms with E-state index in [0.717, 1.165) is 42.3 Å². The number of anilines is 1. The lowest BCUT2D eigenvalue weighted by molar-refractivity contribution is -0.123. The number of benzene rings is 1. The average molecular weight is 290 g/mol. The normalized spacial score (nSPS) is 28.6. The molecule has 0 radical (unpaired) electrons. The Morgan fingerprint density at radius 1 is 1.30 bits per heavy atom. The van der Waals surface area contributed by atoms with E-state index < -0.39 is 0 Å². The third-order valence-corrected chi connectivity index (χ3v) is 5.56. The molecule has 0 spiro atoms. The molecule has 1 aliphatic carbocycles. The summed E-state index contributed by atoms with van der Waals surface area (Å²) in [6, 6.07) is 8.55. The van der Waals surface area contributed by atoms with E-state index in [0.29, 0.717) is 6.04 Å². The van der Waals surface area contributed by atoms with Gasteiger partial charge in [-0.2, -0.15) is 11.8 Å². The number of nitrogens with one attached hydrogen (secondary N) is 2. The summed E-state index contributed by atoms with van der Waals surface area (Å²) < 4.78 is 0. The molecule has 3 atom stereocenters. The van der Waals surface area contributed by atoms with Crippen LogP contribution in [0.2, 0.25) is 0 Å². The lowest BCUT2D eigenvalue weighted by Gasteiger charge is -2.27. The fraction of sp³-hybridized carbons (Fsp3) is 0.562. The Morgan fingerprint density at radius 2 is 2.15 bits per heavy atom. The average Bonchev–Trinajstić information content (AvgIpc) is 2.94. The molecule has 1 aromatic rings. The molecule has 1 amide bonds. The molecule has 3 rings (SSSR count). The molecule has 0 saturated heterocycles. The molecule has 1 aromatic carbocycles. The number of thioether (sulfide) groups is 1. The zero-order chi connectivity index (χ0) is 13.9. The number of carbonyl (C=O) groups excluding carboxylic acids is 1. The Balaban J connectivity index is 1.67. The molecular weight excluding hydrogens is 268 g/mol. The van der Waals surface area contributed by atoms with Gasteiger partial charge in [0.15, 0.2) is 0 Å². The largest absolute Gasteiger partial charge is 0.385 e. The van der Waals surface area contributed by atoms with E-state index >= 15 is 0 Å². The predicted molar refractivity (Wildman–Crippen MR) is 85.4 cm³/mol. The number of hydrogen-bond acceptors (Lipinski definition) is 3. The highest BCUT2D eigenvalue weighted by atomic mass is 32.2. The molecule has 4 heteroatoms. The minimum Gasteiger partial charge on any atom is -0.385 e. The Hall–Kier alpha value is -1.16. The van der Waals surface area contributed by atoms with Crippen molar-refractivity contribution in [2.75, 3.05) is 18.1 Å². The molecule has 108 valence electrons. The highest BCUT2D eigenvalue weighted by Crippen LogP contribution is 2.33. The van der Waals surface area contributed by atoms with Crippen molar-refractivity contribution in [2.45, 2.75) is 42.9 Å². The fourth-order valence-corrected chi connectivity index (χ4v) is 4.12. The summed E-state index contributed by atoms with van der Waals surface area (Å²) in [6.07, 6.45) is 6.54. The van der Waals surface area contributed by atoms with Crippen LogP contribution in [-0.4, -0.2) is 30.0 Å². The number of fused-ring (bicyclic) bond motifs is 1. The summed E-state index contributed by atoms with van der Waals surface area (Å²) in [5, 5.41) is 7.37. The first kappa shape index (κ1) is 13.8. The molecule has 1 aliphatic heterocycles. The van der Waals surface area contributed by atoms with Crippen molar-refractivity contribution in [1.82, 2.24) is 5.32 Å². The molecule has 0 bridgehead atoms. The second-order valence-electron chi connectivity index (χ2n) is 5.73. The third-order valence-electron chi connectivity index (χ3n) is 4.47. The van der Waals surface area contributed by atoms with Crippen molar-refractivity contribution in [1.29, 1.82) is 0 Å². The van der Waals surface area contributed by atoms with Crippen molar-refractivity contribution in [3.63, 3.8) is 0 Å². The molecule has 0 aromatic heterocycles. The number of para-hydroxylation sites is 1. The summed E-state index contributed by atoms with van der Waals surface area (Å²) in [5.41, 5.74) is 2.27. The van der Waals surface area contributed by atoms with Gasteiger partial charge in [0.25, 0.3) is 0 Å². The van der Waals surface area contributed by atoms with Crippen LogP contribution in [0.15, 0.2) is 24.3 Å². The highest BCUT2D eigenvalue weighted by molar-refractivity contribution is 7.99. The van der Waals surface area contributed by atoms with Crippen molar-refractivity contribution in [3.8, 4) is 0 Å². The van der Waals surface area contributed by atoms with Gasteiger partial charge in [0.2, 0.25) is 5.91 Å². The van der Waals surface area contributed by atoms with Crippen molar-refractivity contribution >= 4 is 23.4 Å². The van der Waals surface area contributed by atoms with Crippen LogP contribution < -0.4 is 10.6 Å². The molecular formula is C16H22N2OS. The van der Waals surface area contributed by atoms with Crippen LogP contribution in [0.5, 0.6) is 0 Å². The third kappa shape index (κ3) is 2.80. The monoisotopic (exact) mass is 290 g/mol. The van der Waals surface area contributed by atoms with Crippen molar-refractivity contribution < 1.29 is 4.79 Å². The van der Waals surface area contributed by atoms with Crippen LogP contribution in [0.3, 0.4) is 0 Å². The molecule has 1 fully saturated rings. The Bertz CT molecular complexity index is 491. The minimum atomic E-state index is 0.0146. The number of hydrogen-bond donors (Lipinski definition) is 2. The maximum absolute atomic E-state index is 12.6. The van der Waals surface area contributed by atoms with E-state index in [1.165, 1.54) is 6.42 Å². The fourth-order valence-electron chi connectivity index (χ4n) is 3.33. The highest BCUT2D eigenvalue weighted by Gasteiger charge is 2.30. The van der Waals surface area contributed by atoms with E-state index in [1.807, 2.05) is 23.9 Å². The maximum Gasteiger partial charge on any atom is 0.227 e. The SMILES string of the molecule is CSC1CCC(NC(=O)C2CCNc3ccccc32)C1. The van der Waals surface area contributed by atoms with Crippen LogP contribution >= 0.6 is 11.8 Å². The van der Waals surface area contributed by atoms with E-state index in [9.17, 15) is 4.79 Å². The smallest absolute Gasteiger partial charge is 0.227 e. The Labute approximate surface area is 124 Å². The van der Waals surface area contributed by atoms with Gasteiger partial charge in [0.1, 0.15) is 0 Å². The van der Waals surface area contributed by atoms with Gasteiger partial charge in [0.05, 0.1) is 5.92 Å². The van der Waals surface area contributed by atoms with Gasteiger partial charge < -0.3 is 10.6 Å². The second-order valence-corrected chi connectivity index (χ2v) is 6.87. The van der Waals surface area contributed by atoms with Gasteiger partial charge in [0, 0.05) is 23.5 Å². The lowest BCUT2D eigenvalue weighted by Crippen LogP contribution is -2.38. The van der Waals surface area contributed by atoms with Gasteiger partial charge in [-0.15, -0.1) is 0 Å². The molecule has 3 unspecified atom stereocenters. The molecule has 1 saturated carbocycles. The van der Waals surface area contributed by atoms with E-state index in [1.54, 1.807) is 0 Å². The topological polar surface area (TPSA) is 41.1 Å². The van der Waals surface area contributed by atoms with Crippen LogP contribution in [0, 0.1) is 0 Å². The predicted octanol–water partition coefficient (Wildman–Crippen LogP) is 2.99. The number of rotatable bonds is 3. The standard InChI is InChI=1S/C16H22N2OS/c1-20-12-7-6-11(10-12)18-16(19)14-8-9-17-15-5-3-2-4-13(14)15/h2-5,11-12,14,17H,6-10H2,1H3,(H,18,19). The van der Waals surface area contributed by atoms with Crippen molar-refractivity contribution in [2.24, 2.45) is 0 Å².